The molecule has 0 bridgehead atoms. The van der Waals surface area contributed by atoms with Crippen LogP contribution in [0.3, 0.4) is 0 Å². The summed E-state index contributed by atoms with van der Waals surface area (Å²) in [4.78, 5) is 6.97. The summed E-state index contributed by atoms with van der Waals surface area (Å²) >= 11 is 0. The van der Waals surface area contributed by atoms with Crippen LogP contribution in [-0.4, -0.2) is 36.2 Å². The van der Waals surface area contributed by atoms with Gasteiger partial charge in [-0.2, -0.15) is 0 Å². The maximum atomic E-state index is 5.37. The molecule has 0 aliphatic carbocycles. The van der Waals surface area contributed by atoms with Crippen LogP contribution < -0.4 is 0 Å². The SMILES string of the molecule is Cc1cncc(C2CCCN2CC2(C)COC2)c1. The number of hydrogen-bond acceptors (Lipinski definition) is 3. The van der Waals surface area contributed by atoms with Gasteiger partial charge >= 0.3 is 0 Å². The fraction of sp³-hybridized carbons (Fsp3) is 0.667. The molecule has 3 heteroatoms. The fourth-order valence-corrected chi connectivity index (χ4v) is 3.19. The number of rotatable bonds is 3. The van der Waals surface area contributed by atoms with E-state index in [2.05, 4.69) is 29.8 Å². The molecule has 2 aliphatic rings. The number of ether oxygens (including phenoxy) is 1. The molecule has 2 saturated heterocycles. The number of hydrogen-bond donors (Lipinski definition) is 0. The molecule has 3 rings (SSSR count). The second-order valence-corrected chi connectivity index (χ2v) is 6.23. The third-order valence-electron chi connectivity index (χ3n) is 4.13. The molecule has 18 heavy (non-hydrogen) atoms. The Balaban J connectivity index is 1.74. The minimum Gasteiger partial charge on any atom is -0.380 e. The predicted octanol–water partition coefficient (Wildman–Crippen LogP) is 2.56. The van der Waals surface area contributed by atoms with Gasteiger partial charge in [-0.15, -0.1) is 0 Å². The van der Waals surface area contributed by atoms with Gasteiger partial charge in [0.05, 0.1) is 13.2 Å². The Hall–Kier alpha value is -0.930. The average Bonchev–Trinajstić information content (AvgIpc) is 2.75. The van der Waals surface area contributed by atoms with E-state index < -0.39 is 0 Å². The van der Waals surface area contributed by atoms with E-state index in [0.29, 0.717) is 11.5 Å². The molecule has 3 nitrogen and oxygen atoms in total. The van der Waals surface area contributed by atoms with Gasteiger partial charge in [-0.25, -0.2) is 0 Å². The minimum atomic E-state index is 0.375. The first-order valence-electron chi connectivity index (χ1n) is 6.90. The van der Waals surface area contributed by atoms with Crippen molar-refractivity contribution < 1.29 is 4.74 Å². The van der Waals surface area contributed by atoms with Crippen molar-refractivity contribution in [2.24, 2.45) is 5.41 Å². The third kappa shape index (κ3) is 2.29. The molecule has 1 atom stereocenters. The summed E-state index contributed by atoms with van der Waals surface area (Å²) in [6.45, 7) is 8.67. The van der Waals surface area contributed by atoms with Gasteiger partial charge < -0.3 is 4.74 Å². The van der Waals surface area contributed by atoms with E-state index in [9.17, 15) is 0 Å². The van der Waals surface area contributed by atoms with Gasteiger partial charge in [0.25, 0.3) is 0 Å². The highest BCUT2D eigenvalue weighted by atomic mass is 16.5. The van der Waals surface area contributed by atoms with Gasteiger partial charge in [-0.3, -0.25) is 9.88 Å². The molecule has 0 spiro atoms. The van der Waals surface area contributed by atoms with Crippen LogP contribution in [0.4, 0.5) is 0 Å². The lowest BCUT2D eigenvalue weighted by Crippen LogP contribution is -2.48. The molecular weight excluding hydrogens is 224 g/mol. The van der Waals surface area contributed by atoms with Crippen LogP contribution in [0.5, 0.6) is 0 Å². The largest absolute Gasteiger partial charge is 0.380 e. The highest BCUT2D eigenvalue weighted by molar-refractivity contribution is 5.21. The standard InChI is InChI=1S/C15H22N2O/c1-12-6-13(8-16-7-12)14-4-3-5-17(14)9-15(2)10-18-11-15/h6-8,14H,3-5,9-11H2,1-2H3. The van der Waals surface area contributed by atoms with Crippen LogP contribution in [0, 0.1) is 12.3 Å². The first-order valence-corrected chi connectivity index (χ1v) is 6.90. The lowest BCUT2D eigenvalue weighted by molar-refractivity contribution is -0.116. The summed E-state index contributed by atoms with van der Waals surface area (Å²) in [7, 11) is 0. The second kappa shape index (κ2) is 4.63. The van der Waals surface area contributed by atoms with Crippen molar-refractivity contribution in [1.82, 2.24) is 9.88 Å². The first kappa shape index (κ1) is 12.1. The molecule has 98 valence electrons. The number of pyridine rings is 1. The zero-order valence-electron chi connectivity index (χ0n) is 11.4. The van der Waals surface area contributed by atoms with Crippen LogP contribution in [-0.2, 0) is 4.74 Å². The molecule has 1 aromatic rings. The van der Waals surface area contributed by atoms with Crippen molar-refractivity contribution >= 4 is 0 Å². The monoisotopic (exact) mass is 246 g/mol. The van der Waals surface area contributed by atoms with Gasteiger partial charge in [0.15, 0.2) is 0 Å². The van der Waals surface area contributed by atoms with E-state index in [1.54, 1.807) is 0 Å². The molecular formula is C15H22N2O. The zero-order valence-corrected chi connectivity index (χ0v) is 11.4. The number of aromatic nitrogens is 1. The zero-order chi connectivity index (χ0) is 12.6. The van der Waals surface area contributed by atoms with Crippen LogP contribution >= 0.6 is 0 Å². The second-order valence-electron chi connectivity index (χ2n) is 6.23. The Kier molecular flexibility index (Phi) is 3.12. The van der Waals surface area contributed by atoms with Crippen LogP contribution in [0.2, 0.25) is 0 Å². The van der Waals surface area contributed by atoms with Crippen LogP contribution in [0.15, 0.2) is 18.5 Å². The Morgan fingerprint density at radius 2 is 2.28 bits per heavy atom. The molecule has 0 saturated carbocycles. The van der Waals surface area contributed by atoms with Crippen molar-refractivity contribution in [3.8, 4) is 0 Å². The molecule has 0 radical (unpaired) electrons. The Bertz CT molecular complexity index is 428. The molecule has 3 heterocycles. The Labute approximate surface area is 109 Å². The normalized spacial score (nSPS) is 27.1. The maximum absolute atomic E-state index is 5.37. The molecule has 0 aromatic carbocycles. The van der Waals surface area contributed by atoms with Crippen molar-refractivity contribution in [2.75, 3.05) is 26.3 Å². The third-order valence-corrected chi connectivity index (χ3v) is 4.13. The van der Waals surface area contributed by atoms with Crippen molar-refractivity contribution in [1.29, 1.82) is 0 Å². The number of aryl methyl sites for hydroxylation is 1. The van der Waals surface area contributed by atoms with Gasteiger partial charge in [0.1, 0.15) is 0 Å². The first-order chi connectivity index (χ1) is 8.66. The molecule has 1 aromatic heterocycles. The van der Waals surface area contributed by atoms with E-state index in [4.69, 9.17) is 4.74 Å². The van der Waals surface area contributed by atoms with Crippen molar-refractivity contribution in [3.05, 3.63) is 29.6 Å². The predicted molar refractivity (Wildman–Crippen MR) is 71.4 cm³/mol. The lowest BCUT2D eigenvalue weighted by atomic mass is 9.87. The molecule has 2 fully saturated rings. The summed E-state index contributed by atoms with van der Waals surface area (Å²) in [5.41, 5.74) is 3.02. The molecule has 1 unspecified atom stereocenters. The fourth-order valence-electron chi connectivity index (χ4n) is 3.19. The quantitative estimate of drug-likeness (QED) is 0.819. The van der Waals surface area contributed by atoms with E-state index in [-0.39, 0.29) is 0 Å². The van der Waals surface area contributed by atoms with E-state index in [1.165, 1.54) is 30.5 Å². The van der Waals surface area contributed by atoms with Gasteiger partial charge in [-0.05, 0) is 37.4 Å². The molecule has 2 aliphatic heterocycles. The summed E-state index contributed by atoms with van der Waals surface area (Å²) in [6, 6.07) is 2.85. The van der Waals surface area contributed by atoms with E-state index in [1.807, 2.05) is 12.4 Å². The Morgan fingerprint density at radius 3 is 2.94 bits per heavy atom. The average molecular weight is 246 g/mol. The Morgan fingerprint density at radius 1 is 1.44 bits per heavy atom. The highest BCUT2D eigenvalue weighted by Gasteiger charge is 2.38. The minimum absolute atomic E-state index is 0.375. The summed E-state index contributed by atoms with van der Waals surface area (Å²) in [5.74, 6) is 0. The topological polar surface area (TPSA) is 25.4 Å². The summed E-state index contributed by atoms with van der Waals surface area (Å²) in [6.07, 6.45) is 6.54. The number of likely N-dealkylation sites (tertiary alicyclic amines) is 1. The van der Waals surface area contributed by atoms with Crippen LogP contribution in [0.1, 0.15) is 36.9 Å². The lowest BCUT2D eigenvalue weighted by Gasteiger charge is -2.42. The van der Waals surface area contributed by atoms with Gasteiger partial charge in [-0.1, -0.05) is 13.0 Å². The van der Waals surface area contributed by atoms with Gasteiger partial charge in [0.2, 0.25) is 0 Å². The van der Waals surface area contributed by atoms with Crippen molar-refractivity contribution in [3.63, 3.8) is 0 Å². The molecule has 0 N–H and O–H groups in total. The summed E-state index contributed by atoms with van der Waals surface area (Å²) < 4.78 is 5.37. The number of nitrogens with zero attached hydrogens (tertiary/aromatic N) is 2. The van der Waals surface area contributed by atoms with E-state index >= 15 is 0 Å². The van der Waals surface area contributed by atoms with Crippen molar-refractivity contribution in [2.45, 2.75) is 32.7 Å². The highest BCUT2D eigenvalue weighted by Crippen LogP contribution is 2.36. The molecule has 0 amide bonds. The van der Waals surface area contributed by atoms with Gasteiger partial charge in [0, 0.05) is 30.4 Å². The smallest absolute Gasteiger partial charge is 0.0554 e. The summed E-state index contributed by atoms with van der Waals surface area (Å²) in [5, 5.41) is 0. The van der Waals surface area contributed by atoms with E-state index in [0.717, 1.165) is 19.8 Å². The van der Waals surface area contributed by atoms with Crippen LogP contribution in [0.25, 0.3) is 0 Å². The maximum Gasteiger partial charge on any atom is 0.0554 e.